The van der Waals surface area contributed by atoms with Gasteiger partial charge in [-0.25, -0.2) is 9.63 Å². The minimum absolute atomic E-state index is 0.413. The van der Waals surface area contributed by atoms with Crippen molar-refractivity contribution in [2.24, 2.45) is 0 Å². The third kappa shape index (κ3) is 2.54. The zero-order valence-electron chi connectivity index (χ0n) is 8.88. The quantitative estimate of drug-likeness (QED) is 0.829. The molecule has 0 bridgehead atoms. The number of para-hydroxylation sites is 1. The van der Waals surface area contributed by atoms with Crippen molar-refractivity contribution < 1.29 is 4.79 Å². The first-order valence-electron chi connectivity index (χ1n) is 4.99. The van der Waals surface area contributed by atoms with E-state index in [1.165, 1.54) is 4.90 Å². The molecule has 1 heterocycles. The molecule has 86 valence electrons. The second-order valence-corrected chi connectivity index (χ2v) is 3.46. The van der Waals surface area contributed by atoms with Crippen LogP contribution >= 0.6 is 11.8 Å². The fourth-order valence-electron chi connectivity index (χ4n) is 1.50. The summed E-state index contributed by atoms with van der Waals surface area (Å²) in [7, 11) is 0. The second kappa shape index (κ2) is 5.32. The highest BCUT2D eigenvalue weighted by molar-refractivity contribution is 6.24. The summed E-state index contributed by atoms with van der Waals surface area (Å²) in [5.41, 5.74) is 1.43. The van der Waals surface area contributed by atoms with Gasteiger partial charge in [0.1, 0.15) is 0 Å². The zero-order chi connectivity index (χ0) is 12.1. The number of hydrogen-bond acceptors (Lipinski definition) is 2. The normalized spacial score (nSPS) is 9.71. The number of carbonyl (C=O) groups is 1. The Labute approximate surface area is 104 Å². The lowest BCUT2D eigenvalue weighted by atomic mass is 10.2. The molecule has 1 N–H and O–H groups in total. The largest absolute Gasteiger partial charge is 0.341 e. The van der Waals surface area contributed by atoms with Crippen molar-refractivity contribution in [2.45, 2.75) is 0 Å². The van der Waals surface area contributed by atoms with Gasteiger partial charge in [0, 0.05) is 24.2 Å². The van der Waals surface area contributed by atoms with Crippen molar-refractivity contribution in [2.75, 3.05) is 4.90 Å². The van der Waals surface area contributed by atoms with E-state index in [4.69, 9.17) is 11.8 Å². The molecule has 0 saturated carbocycles. The van der Waals surface area contributed by atoms with Gasteiger partial charge in [-0.05, 0) is 24.3 Å². The molecule has 17 heavy (non-hydrogen) atoms. The van der Waals surface area contributed by atoms with Gasteiger partial charge >= 0.3 is 6.03 Å². The van der Waals surface area contributed by atoms with Crippen LogP contribution in [0, 0.1) is 0 Å². The van der Waals surface area contributed by atoms with Crippen LogP contribution in [0.3, 0.4) is 0 Å². The molecule has 4 nitrogen and oxygen atoms in total. The Balaban J connectivity index is 2.43. The number of carbonyl (C=O) groups excluding carboxylic acids is 1. The molecule has 0 aliphatic heterocycles. The van der Waals surface area contributed by atoms with Crippen LogP contribution in [0.4, 0.5) is 16.2 Å². The molecule has 1 aromatic carbocycles. The van der Waals surface area contributed by atoms with Gasteiger partial charge in [-0.3, -0.25) is 9.88 Å². The number of pyridine rings is 1. The summed E-state index contributed by atoms with van der Waals surface area (Å²) in [6.45, 7) is 0. The SMILES string of the molecule is O=C(NCl)N(c1ccccc1)c1ccncc1. The number of rotatable bonds is 2. The van der Waals surface area contributed by atoms with Gasteiger partial charge in [0.15, 0.2) is 0 Å². The molecule has 1 aromatic heterocycles. The van der Waals surface area contributed by atoms with E-state index in [2.05, 4.69) is 9.82 Å². The minimum atomic E-state index is -0.413. The van der Waals surface area contributed by atoms with Crippen molar-refractivity contribution in [3.63, 3.8) is 0 Å². The number of benzene rings is 1. The van der Waals surface area contributed by atoms with Crippen LogP contribution in [-0.4, -0.2) is 11.0 Å². The summed E-state index contributed by atoms with van der Waals surface area (Å²) >= 11 is 5.39. The van der Waals surface area contributed by atoms with Crippen molar-refractivity contribution >= 4 is 29.2 Å². The van der Waals surface area contributed by atoms with Gasteiger partial charge in [-0.15, -0.1) is 0 Å². The Morgan fingerprint density at radius 2 is 1.65 bits per heavy atom. The number of hydrogen-bond donors (Lipinski definition) is 1. The standard InChI is InChI=1S/C12H10ClN3O/c13-15-12(17)16(10-4-2-1-3-5-10)11-6-8-14-9-7-11/h1-9H,(H,15,17). The first-order valence-corrected chi connectivity index (χ1v) is 5.36. The van der Waals surface area contributed by atoms with Crippen LogP contribution in [0.2, 0.25) is 0 Å². The van der Waals surface area contributed by atoms with E-state index in [0.717, 1.165) is 5.69 Å². The molecular formula is C12H10ClN3O. The van der Waals surface area contributed by atoms with Crippen molar-refractivity contribution in [3.05, 3.63) is 54.9 Å². The Morgan fingerprint density at radius 3 is 2.24 bits per heavy atom. The van der Waals surface area contributed by atoms with Crippen molar-refractivity contribution in [3.8, 4) is 0 Å². The molecule has 5 heteroatoms. The lowest BCUT2D eigenvalue weighted by Crippen LogP contribution is -2.31. The summed E-state index contributed by atoms with van der Waals surface area (Å²) in [5.74, 6) is 0. The molecule has 2 amide bonds. The van der Waals surface area contributed by atoms with Gasteiger partial charge in [-0.2, -0.15) is 0 Å². The average Bonchev–Trinajstić information content (AvgIpc) is 2.41. The fourth-order valence-corrected chi connectivity index (χ4v) is 1.58. The summed E-state index contributed by atoms with van der Waals surface area (Å²) in [4.78, 5) is 19.3. The first-order chi connectivity index (χ1) is 8.33. The van der Waals surface area contributed by atoms with E-state index >= 15 is 0 Å². The van der Waals surface area contributed by atoms with Crippen molar-refractivity contribution in [1.29, 1.82) is 0 Å². The highest BCUT2D eigenvalue weighted by Crippen LogP contribution is 2.24. The molecule has 0 saturated heterocycles. The van der Waals surface area contributed by atoms with Crippen LogP contribution in [0.15, 0.2) is 54.9 Å². The van der Waals surface area contributed by atoms with Gasteiger partial charge < -0.3 is 0 Å². The molecule has 0 aliphatic rings. The third-order valence-electron chi connectivity index (χ3n) is 2.22. The Bertz CT molecular complexity index is 450. The molecule has 0 radical (unpaired) electrons. The molecule has 0 atom stereocenters. The Kier molecular flexibility index (Phi) is 3.57. The number of aromatic nitrogens is 1. The summed E-state index contributed by atoms with van der Waals surface area (Å²) in [6.07, 6.45) is 3.24. The van der Waals surface area contributed by atoms with E-state index in [1.54, 1.807) is 24.5 Å². The van der Waals surface area contributed by atoms with Crippen molar-refractivity contribution in [1.82, 2.24) is 9.82 Å². The van der Waals surface area contributed by atoms with E-state index in [1.807, 2.05) is 30.3 Å². The van der Waals surface area contributed by atoms with E-state index in [-0.39, 0.29) is 0 Å². The van der Waals surface area contributed by atoms with Crippen LogP contribution < -0.4 is 9.74 Å². The van der Waals surface area contributed by atoms with Gasteiger partial charge in [0.2, 0.25) is 0 Å². The Morgan fingerprint density at radius 1 is 1.06 bits per heavy atom. The predicted octanol–water partition coefficient (Wildman–Crippen LogP) is 3.08. The first kappa shape index (κ1) is 11.4. The summed E-state index contributed by atoms with van der Waals surface area (Å²) in [5, 5.41) is 0. The lowest BCUT2D eigenvalue weighted by Gasteiger charge is -2.21. The molecule has 0 fully saturated rings. The van der Waals surface area contributed by atoms with Gasteiger partial charge in [0.05, 0.1) is 11.4 Å². The number of amides is 2. The monoisotopic (exact) mass is 247 g/mol. The number of urea groups is 1. The molecule has 0 unspecified atom stereocenters. The van der Waals surface area contributed by atoms with Gasteiger partial charge in [-0.1, -0.05) is 18.2 Å². The maximum atomic E-state index is 11.8. The third-order valence-corrected chi connectivity index (χ3v) is 2.38. The average molecular weight is 248 g/mol. The van der Waals surface area contributed by atoms with Gasteiger partial charge in [0.25, 0.3) is 0 Å². The maximum Gasteiger partial charge on any atom is 0.341 e. The Hall–Kier alpha value is -2.07. The lowest BCUT2D eigenvalue weighted by molar-refractivity contribution is 0.253. The molecule has 0 spiro atoms. The van der Waals surface area contributed by atoms with Crippen LogP contribution in [0.5, 0.6) is 0 Å². The highest BCUT2D eigenvalue weighted by Gasteiger charge is 2.16. The number of nitrogens with one attached hydrogen (secondary N) is 1. The van der Waals surface area contributed by atoms with E-state index in [0.29, 0.717) is 5.69 Å². The minimum Gasteiger partial charge on any atom is -0.265 e. The van der Waals surface area contributed by atoms with Crippen LogP contribution in [0.25, 0.3) is 0 Å². The molecule has 0 aliphatic carbocycles. The van der Waals surface area contributed by atoms with E-state index in [9.17, 15) is 4.79 Å². The number of anilines is 2. The maximum absolute atomic E-state index is 11.8. The van der Waals surface area contributed by atoms with E-state index < -0.39 is 6.03 Å². The number of halogens is 1. The smallest absolute Gasteiger partial charge is 0.265 e. The topological polar surface area (TPSA) is 45.2 Å². The highest BCUT2D eigenvalue weighted by atomic mass is 35.5. The molecule has 2 aromatic rings. The summed E-state index contributed by atoms with van der Waals surface area (Å²) < 4.78 is 0. The van der Waals surface area contributed by atoms with Crippen LogP contribution in [0.1, 0.15) is 0 Å². The predicted molar refractivity (Wildman–Crippen MR) is 67.2 cm³/mol. The molecule has 2 rings (SSSR count). The second-order valence-electron chi connectivity index (χ2n) is 3.28. The number of nitrogens with zero attached hydrogens (tertiary/aromatic N) is 2. The zero-order valence-corrected chi connectivity index (χ0v) is 9.63. The van der Waals surface area contributed by atoms with Crippen LogP contribution in [-0.2, 0) is 0 Å². The molecular weight excluding hydrogens is 238 g/mol. The summed E-state index contributed by atoms with van der Waals surface area (Å²) in [6, 6.07) is 12.3. The fraction of sp³-hybridized carbons (Fsp3) is 0.